The zero-order valence-electron chi connectivity index (χ0n) is 13.0. The molecule has 6 heteroatoms. The molecule has 2 amide bonds. The van der Waals surface area contributed by atoms with Gasteiger partial charge in [-0.25, -0.2) is 0 Å². The van der Waals surface area contributed by atoms with Gasteiger partial charge in [-0.2, -0.15) is 0 Å². The predicted octanol–water partition coefficient (Wildman–Crippen LogP) is 2.17. The highest BCUT2D eigenvalue weighted by Gasteiger charge is 2.38. The van der Waals surface area contributed by atoms with E-state index in [0.717, 1.165) is 18.5 Å². The van der Waals surface area contributed by atoms with Gasteiger partial charge >= 0.3 is 0 Å². The Morgan fingerprint density at radius 3 is 2.41 bits per heavy atom. The van der Waals surface area contributed by atoms with E-state index in [1.807, 2.05) is 6.92 Å². The molecule has 3 atom stereocenters. The van der Waals surface area contributed by atoms with E-state index in [2.05, 4.69) is 17.6 Å². The number of amides is 2. The number of nitrogens with two attached hydrogens (primary N) is 1. The van der Waals surface area contributed by atoms with Crippen molar-refractivity contribution in [2.24, 2.45) is 17.6 Å². The van der Waals surface area contributed by atoms with Gasteiger partial charge in [0.2, 0.25) is 5.91 Å². The molecular weight excluding hydrogens is 302 g/mol. The van der Waals surface area contributed by atoms with Crippen LogP contribution >= 0.6 is 12.4 Å². The van der Waals surface area contributed by atoms with Gasteiger partial charge in [0, 0.05) is 29.8 Å². The third-order valence-corrected chi connectivity index (χ3v) is 3.75. The summed E-state index contributed by atoms with van der Waals surface area (Å²) in [6.45, 7) is 4.54. The third kappa shape index (κ3) is 5.31. The normalized spacial score (nSPS) is 20.5. The number of benzene rings is 1. The molecule has 1 aromatic rings. The van der Waals surface area contributed by atoms with Crippen molar-refractivity contribution in [3.05, 3.63) is 29.8 Å². The summed E-state index contributed by atoms with van der Waals surface area (Å²) in [6, 6.07) is 7.02. The van der Waals surface area contributed by atoms with E-state index in [-0.39, 0.29) is 36.2 Å². The number of carbonyl (C=O) groups is 2. The van der Waals surface area contributed by atoms with Gasteiger partial charge in [-0.1, -0.05) is 6.92 Å². The van der Waals surface area contributed by atoms with Crippen LogP contribution < -0.4 is 16.4 Å². The van der Waals surface area contributed by atoms with Gasteiger partial charge in [0.1, 0.15) is 0 Å². The first-order valence-electron chi connectivity index (χ1n) is 7.42. The van der Waals surface area contributed by atoms with Gasteiger partial charge in [-0.05, 0) is 49.9 Å². The van der Waals surface area contributed by atoms with Crippen molar-refractivity contribution in [2.75, 3.05) is 11.9 Å². The maximum atomic E-state index is 11.9. The standard InChI is InChI=1S/C16H23N3O2.ClH/c1-10-9-14(10)16(21)19-13-5-3-12(4-6-13)15(20)18-8-7-11(2)17;/h3-6,10-11,14H,7-9,17H2,1-2H3,(H,18,20)(H,19,21);1H. The number of halogens is 1. The molecule has 4 N–H and O–H groups in total. The Bertz CT molecular complexity index is 517. The van der Waals surface area contributed by atoms with Gasteiger partial charge in [-0.3, -0.25) is 9.59 Å². The summed E-state index contributed by atoms with van der Waals surface area (Å²) in [5.74, 6) is 0.576. The highest BCUT2D eigenvalue weighted by molar-refractivity contribution is 5.96. The molecule has 0 aromatic heterocycles. The van der Waals surface area contributed by atoms with Gasteiger partial charge in [-0.15, -0.1) is 12.4 Å². The number of hydrogen-bond donors (Lipinski definition) is 3. The molecule has 0 aliphatic heterocycles. The zero-order valence-corrected chi connectivity index (χ0v) is 13.8. The first kappa shape index (κ1) is 18.5. The van der Waals surface area contributed by atoms with E-state index in [1.54, 1.807) is 24.3 Å². The monoisotopic (exact) mass is 325 g/mol. The van der Waals surface area contributed by atoms with Gasteiger partial charge in [0.25, 0.3) is 5.91 Å². The van der Waals surface area contributed by atoms with E-state index >= 15 is 0 Å². The topological polar surface area (TPSA) is 84.2 Å². The van der Waals surface area contributed by atoms with E-state index in [0.29, 0.717) is 18.0 Å². The number of rotatable bonds is 6. The molecule has 1 aromatic carbocycles. The summed E-state index contributed by atoms with van der Waals surface area (Å²) in [6.07, 6.45) is 1.71. The molecule has 122 valence electrons. The minimum absolute atomic E-state index is 0. The second-order valence-corrected chi connectivity index (χ2v) is 5.91. The largest absolute Gasteiger partial charge is 0.352 e. The smallest absolute Gasteiger partial charge is 0.251 e. The quantitative estimate of drug-likeness (QED) is 0.749. The van der Waals surface area contributed by atoms with Crippen LogP contribution in [-0.2, 0) is 4.79 Å². The molecule has 0 radical (unpaired) electrons. The second kappa shape index (κ2) is 8.15. The van der Waals surface area contributed by atoms with Crippen molar-refractivity contribution in [3.63, 3.8) is 0 Å². The Kier molecular flexibility index (Phi) is 6.84. The minimum atomic E-state index is -0.121. The molecule has 1 fully saturated rings. The molecular formula is C16H24ClN3O2. The Morgan fingerprint density at radius 1 is 1.32 bits per heavy atom. The van der Waals surface area contributed by atoms with Crippen molar-refractivity contribution in [2.45, 2.75) is 32.7 Å². The SMILES string of the molecule is CC(N)CCNC(=O)c1ccc(NC(=O)C2CC2C)cc1.Cl. The maximum Gasteiger partial charge on any atom is 0.251 e. The summed E-state index contributed by atoms with van der Waals surface area (Å²) in [4.78, 5) is 23.7. The second-order valence-electron chi connectivity index (χ2n) is 5.91. The number of nitrogens with one attached hydrogen (secondary N) is 2. The van der Waals surface area contributed by atoms with Crippen LogP contribution in [0.3, 0.4) is 0 Å². The van der Waals surface area contributed by atoms with E-state index in [1.165, 1.54) is 0 Å². The molecule has 1 aliphatic rings. The molecule has 0 saturated heterocycles. The summed E-state index contributed by atoms with van der Waals surface area (Å²) < 4.78 is 0. The minimum Gasteiger partial charge on any atom is -0.352 e. The van der Waals surface area contributed by atoms with Gasteiger partial charge < -0.3 is 16.4 Å². The number of anilines is 1. The van der Waals surface area contributed by atoms with E-state index in [4.69, 9.17) is 5.73 Å². The average Bonchev–Trinajstić information content (AvgIpc) is 3.16. The molecule has 22 heavy (non-hydrogen) atoms. The lowest BCUT2D eigenvalue weighted by Crippen LogP contribution is -2.28. The van der Waals surface area contributed by atoms with Crippen LogP contribution in [0, 0.1) is 11.8 Å². The Morgan fingerprint density at radius 2 is 1.91 bits per heavy atom. The summed E-state index contributed by atoms with van der Waals surface area (Å²) in [5, 5.41) is 5.69. The lowest BCUT2D eigenvalue weighted by molar-refractivity contribution is -0.117. The van der Waals surface area contributed by atoms with Gasteiger partial charge in [0.05, 0.1) is 0 Å². The van der Waals surface area contributed by atoms with Crippen molar-refractivity contribution in [1.82, 2.24) is 5.32 Å². The molecule has 2 rings (SSSR count). The molecule has 5 nitrogen and oxygen atoms in total. The lowest BCUT2D eigenvalue weighted by Gasteiger charge is -2.08. The predicted molar refractivity (Wildman–Crippen MR) is 90.2 cm³/mol. The number of carbonyl (C=O) groups excluding carboxylic acids is 2. The van der Waals surface area contributed by atoms with Crippen molar-refractivity contribution < 1.29 is 9.59 Å². The molecule has 0 bridgehead atoms. The average molecular weight is 326 g/mol. The highest BCUT2D eigenvalue weighted by atomic mass is 35.5. The van der Waals surface area contributed by atoms with E-state index < -0.39 is 0 Å². The molecule has 0 spiro atoms. The molecule has 3 unspecified atom stereocenters. The summed E-state index contributed by atoms with van der Waals surface area (Å²) in [7, 11) is 0. The van der Waals surface area contributed by atoms with Crippen molar-refractivity contribution in [3.8, 4) is 0 Å². The fourth-order valence-electron chi connectivity index (χ4n) is 2.14. The zero-order chi connectivity index (χ0) is 15.4. The summed E-state index contributed by atoms with van der Waals surface area (Å²) in [5.41, 5.74) is 6.94. The Hall–Kier alpha value is -1.59. The van der Waals surface area contributed by atoms with Crippen LogP contribution in [0.25, 0.3) is 0 Å². The van der Waals surface area contributed by atoms with E-state index in [9.17, 15) is 9.59 Å². The molecule has 0 heterocycles. The third-order valence-electron chi connectivity index (χ3n) is 3.75. The fraction of sp³-hybridized carbons (Fsp3) is 0.500. The molecule has 1 saturated carbocycles. The van der Waals surface area contributed by atoms with Crippen LogP contribution in [-0.4, -0.2) is 24.4 Å². The lowest BCUT2D eigenvalue weighted by atomic mass is 10.2. The first-order chi connectivity index (χ1) is 9.97. The first-order valence-corrected chi connectivity index (χ1v) is 7.42. The maximum absolute atomic E-state index is 11.9. The van der Waals surface area contributed by atoms with Crippen LogP contribution in [0.15, 0.2) is 24.3 Å². The van der Waals surface area contributed by atoms with Crippen molar-refractivity contribution >= 4 is 29.9 Å². The van der Waals surface area contributed by atoms with Crippen LogP contribution in [0.1, 0.15) is 37.0 Å². The number of hydrogen-bond acceptors (Lipinski definition) is 3. The Balaban J connectivity index is 0.00000242. The highest BCUT2D eigenvalue weighted by Crippen LogP contribution is 2.38. The summed E-state index contributed by atoms with van der Waals surface area (Å²) >= 11 is 0. The fourth-order valence-corrected chi connectivity index (χ4v) is 2.14. The van der Waals surface area contributed by atoms with Crippen LogP contribution in [0.5, 0.6) is 0 Å². The van der Waals surface area contributed by atoms with Gasteiger partial charge in [0.15, 0.2) is 0 Å². The van der Waals surface area contributed by atoms with Crippen molar-refractivity contribution in [1.29, 1.82) is 0 Å². The Labute approximate surface area is 137 Å². The molecule has 1 aliphatic carbocycles. The van der Waals surface area contributed by atoms with Crippen LogP contribution in [0.4, 0.5) is 5.69 Å². The van der Waals surface area contributed by atoms with Crippen LogP contribution in [0.2, 0.25) is 0 Å².